The van der Waals surface area contributed by atoms with E-state index in [0.29, 0.717) is 17.4 Å². The molecule has 0 amide bonds. The first-order chi connectivity index (χ1) is 7.66. The highest BCUT2D eigenvalue weighted by atomic mass is 16.5. The SMILES string of the molecule is C=C(C)C(=O)OC1CC2CC1C1COCC21. The van der Waals surface area contributed by atoms with Crippen LogP contribution >= 0.6 is 0 Å². The summed E-state index contributed by atoms with van der Waals surface area (Å²) in [5.41, 5.74) is 0.502. The summed E-state index contributed by atoms with van der Waals surface area (Å²) < 4.78 is 11.1. The van der Waals surface area contributed by atoms with Gasteiger partial charge < -0.3 is 9.47 Å². The summed E-state index contributed by atoms with van der Waals surface area (Å²) in [5, 5.41) is 0. The Balaban J connectivity index is 1.68. The third kappa shape index (κ3) is 1.41. The third-order valence-corrected chi connectivity index (χ3v) is 4.52. The number of fused-ring (bicyclic) bond motifs is 5. The van der Waals surface area contributed by atoms with Gasteiger partial charge in [0.1, 0.15) is 6.10 Å². The Bertz CT molecular complexity index is 336. The normalized spacial score (nSPS) is 44.4. The number of hydrogen-bond donors (Lipinski definition) is 0. The summed E-state index contributed by atoms with van der Waals surface area (Å²) in [4.78, 5) is 11.5. The second kappa shape index (κ2) is 3.59. The molecule has 3 heteroatoms. The quantitative estimate of drug-likeness (QED) is 0.527. The smallest absolute Gasteiger partial charge is 0.333 e. The molecule has 0 aromatic heterocycles. The Morgan fingerprint density at radius 3 is 2.75 bits per heavy atom. The van der Waals surface area contributed by atoms with Crippen LogP contribution < -0.4 is 0 Å². The lowest BCUT2D eigenvalue weighted by Crippen LogP contribution is -2.33. The lowest BCUT2D eigenvalue weighted by molar-refractivity contribution is -0.148. The second-order valence-corrected chi connectivity index (χ2v) is 5.48. The number of esters is 1. The van der Waals surface area contributed by atoms with Gasteiger partial charge in [-0.2, -0.15) is 0 Å². The minimum Gasteiger partial charge on any atom is -0.459 e. The highest BCUT2D eigenvalue weighted by molar-refractivity contribution is 5.87. The first kappa shape index (κ1) is 10.3. The molecular weight excluding hydrogens is 204 g/mol. The van der Waals surface area contributed by atoms with Crippen LogP contribution in [0.25, 0.3) is 0 Å². The number of hydrogen-bond acceptors (Lipinski definition) is 3. The summed E-state index contributed by atoms with van der Waals surface area (Å²) >= 11 is 0. The fourth-order valence-electron chi connectivity index (χ4n) is 3.76. The van der Waals surface area contributed by atoms with Crippen LogP contribution in [-0.4, -0.2) is 25.3 Å². The van der Waals surface area contributed by atoms with Gasteiger partial charge in [0.05, 0.1) is 13.2 Å². The van der Waals surface area contributed by atoms with E-state index < -0.39 is 0 Å². The van der Waals surface area contributed by atoms with Crippen molar-refractivity contribution in [2.45, 2.75) is 25.9 Å². The molecule has 0 aromatic rings. The van der Waals surface area contributed by atoms with E-state index in [1.807, 2.05) is 0 Å². The van der Waals surface area contributed by atoms with Crippen LogP contribution in [0.3, 0.4) is 0 Å². The van der Waals surface area contributed by atoms with Crippen molar-refractivity contribution in [2.24, 2.45) is 23.7 Å². The third-order valence-electron chi connectivity index (χ3n) is 4.52. The van der Waals surface area contributed by atoms with Crippen molar-refractivity contribution in [3.63, 3.8) is 0 Å². The van der Waals surface area contributed by atoms with Gasteiger partial charge in [0.25, 0.3) is 0 Å². The minimum atomic E-state index is -0.229. The van der Waals surface area contributed by atoms with Crippen molar-refractivity contribution >= 4 is 5.97 Å². The monoisotopic (exact) mass is 222 g/mol. The zero-order chi connectivity index (χ0) is 11.3. The summed E-state index contributed by atoms with van der Waals surface area (Å²) in [6, 6.07) is 0. The summed E-state index contributed by atoms with van der Waals surface area (Å²) in [5.74, 6) is 2.42. The summed E-state index contributed by atoms with van der Waals surface area (Å²) in [6.07, 6.45) is 2.39. The lowest BCUT2D eigenvalue weighted by Gasteiger charge is -2.29. The van der Waals surface area contributed by atoms with E-state index in [2.05, 4.69) is 6.58 Å². The molecule has 5 unspecified atom stereocenters. The van der Waals surface area contributed by atoms with Gasteiger partial charge in [-0.25, -0.2) is 4.79 Å². The molecule has 88 valence electrons. The molecule has 3 rings (SSSR count). The molecule has 3 fully saturated rings. The van der Waals surface area contributed by atoms with Gasteiger partial charge in [-0.1, -0.05) is 6.58 Å². The van der Waals surface area contributed by atoms with Crippen LogP contribution in [0.5, 0.6) is 0 Å². The Labute approximate surface area is 95.8 Å². The molecule has 2 saturated carbocycles. The minimum absolute atomic E-state index is 0.122. The average Bonchev–Trinajstić information content (AvgIpc) is 2.87. The van der Waals surface area contributed by atoms with Crippen LogP contribution in [0.2, 0.25) is 0 Å². The fraction of sp³-hybridized carbons (Fsp3) is 0.769. The Hall–Kier alpha value is -0.830. The average molecular weight is 222 g/mol. The van der Waals surface area contributed by atoms with Crippen LogP contribution in [-0.2, 0) is 14.3 Å². The van der Waals surface area contributed by atoms with E-state index in [-0.39, 0.29) is 12.1 Å². The maximum Gasteiger partial charge on any atom is 0.333 e. The van der Waals surface area contributed by atoms with Crippen molar-refractivity contribution in [1.29, 1.82) is 0 Å². The molecule has 3 aliphatic rings. The molecule has 0 spiro atoms. The topological polar surface area (TPSA) is 35.5 Å². The highest BCUT2D eigenvalue weighted by Gasteiger charge is 2.55. The second-order valence-electron chi connectivity index (χ2n) is 5.48. The molecule has 0 radical (unpaired) electrons. The predicted molar refractivity (Wildman–Crippen MR) is 58.7 cm³/mol. The first-order valence-electron chi connectivity index (χ1n) is 6.11. The summed E-state index contributed by atoms with van der Waals surface area (Å²) in [6.45, 7) is 7.12. The Morgan fingerprint density at radius 2 is 2.00 bits per heavy atom. The van der Waals surface area contributed by atoms with Crippen molar-refractivity contribution in [3.8, 4) is 0 Å². The molecule has 1 heterocycles. The van der Waals surface area contributed by atoms with E-state index in [9.17, 15) is 4.79 Å². The van der Waals surface area contributed by atoms with Gasteiger partial charge in [-0.15, -0.1) is 0 Å². The standard InChI is InChI=1S/C13H18O3/c1-7(2)13(14)16-12-4-8-3-9(12)11-6-15-5-10(8)11/h8-12H,1,3-6H2,2H3. The Morgan fingerprint density at radius 1 is 1.25 bits per heavy atom. The van der Waals surface area contributed by atoms with Gasteiger partial charge in [-0.3, -0.25) is 0 Å². The van der Waals surface area contributed by atoms with Crippen LogP contribution in [0.1, 0.15) is 19.8 Å². The molecule has 0 N–H and O–H groups in total. The molecule has 2 bridgehead atoms. The van der Waals surface area contributed by atoms with Crippen LogP contribution in [0, 0.1) is 23.7 Å². The molecule has 5 atom stereocenters. The van der Waals surface area contributed by atoms with Crippen molar-refractivity contribution in [2.75, 3.05) is 13.2 Å². The van der Waals surface area contributed by atoms with E-state index >= 15 is 0 Å². The van der Waals surface area contributed by atoms with Gasteiger partial charge >= 0.3 is 5.97 Å². The molecule has 0 aromatic carbocycles. The van der Waals surface area contributed by atoms with Crippen LogP contribution in [0.15, 0.2) is 12.2 Å². The van der Waals surface area contributed by atoms with Crippen molar-refractivity contribution in [3.05, 3.63) is 12.2 Å². The van der Waals surface area contributed by atoms with Gasteiger partial charge in [0.15, 0.2) is 0 Å². The molecule has 1 aliphatic heterocycles. The maximum atomic E-state index is 11.5. The van der Waals surface area contributed by atoms with E-state index in [4.69, 9.17) is 9.47 Å². The van der Waals surface area contributed by atoms with Crippen LogP contribution in [0.4, 0.5) is 0 Å². The van der Waals surface area contributed by atoms with Crippen molar-refractivity contribution in [1.82, 2.24) is 0 Å². The van der Waals surface area contributed by atoms with E-state index in [1.165, 1.54) is 6.42 Å². The van der Waals surface area contributed by atoms with E-state index in [0.717, 1.165) is 31.5 Å². The molecule has 2 aliphatic carbocycles. The zero-order valence-corrected chi connectivity index (χ0v) is 9.65. The van der Waals surface area contributed by atoms with Gasteiger partial charge in [0, 0.05) is 11.5 Å². The van der Waals surface area contributed by atoms with Gasteiger partial charge in [-0.05, 0) is 37.5 Å². The molecule has 3 nitrogen and oxygen atoms in total. The molecule has 1 saturated heterocycles. The van der Waals surface area contributed by atoms with E-state index in [1.54, 1.807) is 6.92 Å². The zero-order valence-electron chi connectivity index (χ0n) is 9.65. The number of carbonyl (C=O) groups excluding carboxylic acids is 1. The Kier molecular flexibility index (Phi) is 2.32. The fourth-order valence-corrected chi connectivity index (χ4v) is 3.76. The first-order valence-corrected chi connectivity index (χ1v) is 6.11. The predicted octanol–water partition coefficient (Wildman–Crippen LogP) is 1.78. The summed E-state index contributed by atoms with van der Waals surface area (Å²) in [7, 11) is 0. The van der Waals surface area contributed by atoms with Crippen molar-refractivity contribution < 1.29 is 14.3 Å². The number of rotatable bonds is 2. The molecule has 16 heavy (non-hydrogen) atoms. The number of ether oxygens (including phenoxy) is 2. The lowest BCUT2D eigenvalue weighted by atomic mass is 9.80. The highest BCUT2D eigenvalue weighted by Crippen LogP contribution is 2.55. The number of carbonyl (C=O) groups is 1. The molecular formula is C13H18O3. The largest absolute Gasteiger partial charge is 0.459 e. The maximum absolute atomic E-state index is 11.5. The van der Waals surface area contributed by atoms with Gasteiger partial charge in [0.2, 0.25) is 0 Å².